The standard InChI is InChI=1S/C11H21O.Li/c1-2-3-5-8-11(12)9-6-4-7-10-11;/h2-10H2,1H3;/q-1;+1. The van der Waals surface area contributed by atoms with Crippen molar-refractivity contribution in [1.29, 1.82) is 0 Å². The predicted molar refractivity (Wildman–Crippen MR) is 50.0 cm³/mol. The Kier molecular flexibility index (Phi) is 7.23. The van der Waals surface area contributed by atoms with Crippen LogP contribution in [-0.2, 0) is 0 Å². The van der Waals surface area contributed by atoms with Gasteiger partial charge in [-0.25, -0.2) is 0 Å². The molecule has 0 amide bonds. The van der Waals surface area contributed by atoms with Gasteiger partial charge in [0.2, 0.25) is 0 Å². The first-order valence-corrected chi connectivity index (χ1v) is 5.47. The molecule has 72 valence electrons. The minimum Gasteiger partial charge on any atom is -0.849 e. The second-order valence-electron chi connectivity index (χ2n) is 4.20. The first-order valence-electron chi connectivity index (χ1n) is 5.47. The molecule has 0 heterocycles. The van der Waals surface area contributed by atoms with Crippen molar-refractivity contribution in [3.8, 4) is 0 Å². The summed E-state index contributed by atoms with van der Waals surface area (Å²) in [6, 6.07) is 0. The predicted octanol–water partition coefficient (Wildman–Crippen LogP) is -0.366. The Labute approximate surface area is 94.5 Å². The van der Waals surface area contributed by atoms with Gasteiger partial charge in [0.15, 0.2) is 0 Å². The molecule has 0 N–H and O–H groups in total. The van der Waals surface area contributed by atoms with Crippen LogP contribution in [0.2, 0.25) is 0 Å². The molecule has 1 rings (SSSR count). The van der Waals surface area contributed by atoms with Gasteiger partial charge in [-0.05, 0) is 0 Å². The number of rotatable bonds is 4. The summed E-state index contributed by atoms with van der Waals surface area (Å²) in [5, 5.41) is 12.0. The van der Waals surface area contributed by atoms with E-state index in [2.05, 4.69) is 6.92 Å². The summed E-state index contributed by atoms with van der Waals surface area (Å²) in [7, 11) is 0. The van der Waals surface area contributed by atoms with Crippen molar-refractivity contribution in [3.05, 3.63) is 0 Å². The van der Waals surface area contributed by atoms with E-state index in [4.69, 9.17) is 0 Å². The molecule has 1 aliphatic rings. The molecule has 0 atom stereocenters. The van der Waals surface area contributed by atoms with Gasteiger partial charge < -0.3 is 5.11 Å². The second-order valence-corrected chi connectivity index (χ2v) is 4.20. The fourth-order valence-electron chi connectivity index (χ4n) is 2.14. The van der Waals surface area contributed by atoms with Gasteiger partial charge in [-0.3, -0.25) is 0 Å². The summed E-state index contributed by atoms with van der Waals surface area (Å²) in [4.78, 5) is 0. The van der Waals surface area contributed by atoms with Gasteiger partial charge in [-0.15, -0.1) is 5.60 Å². The van der Waals surface area contributed by atoms with Crippen molar-refractivity contribution in [1.82, 2.24) is 0 Å². The Hall–Kier alpha value is 0.557. The van der Waals surface area contributed by atoms with Crippen LogP contribution in [0.1, 0.15) is 64.7 Å². The van der Waals surface area contributed by atoms with E-state index in [1.807, 2.05) is 0 Å². The van der Waals surface area contributed by atoms with Crippen molar-refractivity contribution < 1.29 is 24.0 Å². The van der Waals surface area contributed by atoms with Gasteiger partial charge in [0, 0.05) is 0 Å². The number of unbranched alkanes of at least 4 members (excludes halogenated alkanes) is 2. The smallest absolute Gasteiger partial charge is 0.849 e. The molecule has 0 aromatic rings. The van der Waals surface area contributed by atoms with E-state index in [-0.39, 0.29) is 18.9 Å². The average molecular weight is 176 g/mol. The maximum atomic E-state index is 12.0. The third kappa shape index (κ3) is 5.11. The second kappa shape index (κ2) is 6.93. The molecule has 0 aromatic heterocycles. The van der Waals surface area contributed by atoms with Crippen LogP contribution in [0.3, 0.4) is 0 Å². The largest absolute Gasteiger partial charge is 1.00 e. The SMILES string of the molecule is CCCCCC1([O-])CCCCC1.[Li+]. The van der Waals surface area contributed by atoms with Gasteiger partial charge in [0.25, 0.3) is 0 Å². The third-order valence-corrected chi connectivity index (χ3v) is 3.00. The van der Waals surface area contributed by atoms with Gasteiger partial charge in [-0.2, -0.15) is 0 Å². The molecule has 0 aromatic carbocycles. The molecule has 2 heteroatoms. The molecule has 0 aliphatic heterocycles. The van der Waals surface area contributed by atoms with Crippen molar-refractivity contribution in [2.24, 2.45) is 0 Å². The van der Waals surface area contributed by atoms with Crippen molar-refractivity contribution in [2.75, 3.05) is 0 Å². The summed E-state index contributed by atoms with van der Waals surface area (Å²) < 4.78 is 0. The van der Waals surface area contributed by atoms with Crippen LogP contribution in [0.4, 0.5) is 0 Å². The summed E-state index contributed by atoms with van der Waals surface area (Å²) in [5.74, 6) is 0. The molecule has 1 fully saturated rings. The van der Waals surface area contributed by atoms with E-state index in [1.54, 1.807) is 0 Å². The van der Waals surface area contributed by atoms with Crippen LogP contribution in [0, 0.1) is 0 Å². The van der Waals surface area contributed by atoms with Crippen LogP contribution in [0.5, 0.6) is 0 Å². The Morgan fingerprint density at radius 3 is 2.23 bits per heavy atom. The molecule has 0 unspecified atom stereocenters. The van der Waals surface area contributed by atoms with Gasteiger partial charge in [0.1, 0.15) is 0 Å². The minimum absolute atomic E-state index is 0. The van der Waals surface area contributed by atoms with Crippen LogP contribution in [-0.4, -0.2) is 5.60 Å². The minimum atomic E-state index is -0.520. The van der Waals surface area contributed by atoms with Crippen molar-refractivity contribution >= 4 is 0 Å². The summed E-state index contributed by atoms with van der Waals surface area (Å²) >= 11 is 0. The van der Waals surface area contributed by atoms with E-state index in [0.29, 0.717) is 0 Å². The molecule has 1 saturated carbocycles. The van der Waals surface area contributed by atoms with Crippen molar-refractivity contribution in [3.63, 3.8) is 0 Å². The quantitative estimate of drug-likeness (QED) is 0.423. The molecule has 0 saturated heterocycles. The molecular weight excluding hydrogens is 155 g/mol. The summed E-state index contributed by atoms with van der Waals surface area (Å²) in [5.41, 5.74) is -0.520. The van der Waals surface area contributed by atoms with Crippen LogP contribution < -0.4 is 24.0 Å². The molecule has 13 heavy (non-hydrogen) atoms. The first-order chi connectivity index (χ1) is 5.77. The fraction of sp³-hybridized carbons (Fsp3) is 1.00. The molecule has 1 nitrogen and oxygen atoms in total. The van der Waals surface area contributed by atoms with Gasteiger partial charge in [-0.1, -0.05) is 64.7 Å². The molecule has 0 bridgehead atoms. The van der Waals surface area contributed by atoms with E-state index >= 15 is 0 Å². The molecular formula is C11H21LiO. The van der Waals surface area contributed by atoms with Crippen LogP contribution >= 0.6 is 0 Å². The number of hydrogen-bond donors (Lipinski definition) is 0. The monoisotopic (exact) mass is 176 g/mol. The van der Waals surface area contributed by atoms with E-state index in [1.165, 1.54) is 32.1 Å². The van der Waals surface area contributed by atoms with Crippen molar-refractivity contribution in [2.45, 2.75) is 70.3 Å². The third-order valence-electron chi connectivity index (χ3n) is 3.00. The Morgan fingerprint density at radius 1 is 1.08 bits per heavy atom. The van der Waals surface area contributed by atoms with Gasteiger partial charge >= 0.3 is 18.9 Å². The van der Waals surface area contributed by atoms with Crippen LogP contribution in [0.25, 0.3) is 0 Å². The molecule has 0 radical (unpaired) electrons. The first kappa shape index (κ1) is 13.6. The number of hydrogen-bond acceptors (Lipinski definition) is 1. The fourth-order valence-corrected chi connectivity index (χ4v) is 2.14. The van der Waals surface area contributed by atoms with E-state index in [0.717, 1.165) is 25.7 Å². The summed E-state index contributed by atoms with van der Waals surface area (Å²) in [6.45, 7) is 2.19. The van der Waals surface area contributed by atoms with Gasteiger partial charge in [0.05, 0.1) is 0 Å². The maximum absolute atomic E-state index is 12.0. The van der Waals surface area contributed by atoms with E-state index < -0.39 is 5.60 Å². The van der Waals surface area contributed by atoms with Crippen LogP contribution in [0.15, 0.2) is 0 Å². The Bertz CT molecular complexity index is 119. The zero-order valence-corrected chi connectivity index (χ0v) is 9.27. The normalized spacial score (nSPS) is 20.8. The molecule has 1 aliphatic carbocycles. The molecule has 0 spiro atoms. The average Bonchev–Trinajstić information content (AvgIpc) is 2.06. The maximum Gasteiger partial charge on any atom is 1.00 e. The van der Waals surface area contributed by atoms with E-state index in [9.17, 15) is 5.11 Å². The zero-order valence-electron chi connectivity index (χ0n) is 9.27. The summed E-state index contributed by atoms with van der Waals surface area (Å²) in [6.07, 6.45) is 10.1. The zero-order chi connectivity index (χ0) is 8.86. The Morgan fingerprint density at radius 2 is 1.69 bits per heavy atom. The Balaban J connectivity index is 0.00000144. The topological polar surface area (TPSA) is 23.1 Å².